The highest BCUT2D eigenvalue weighted by atomic mass is 16.2. The highest BCUT2D eigenvalue weighted by Gasteiger charge is 2.25. The van der Waals surface area contributed by atoms with Gasteiger partial charge in [-0.3, -0.25) is 14.3 Å². The largest absolute Gasteiger partial charge is 0.383 e. The first-order chi connectivity index (χ1) is 13.1. The number of aromatic nitrogens is 2. The molecule has 6 nitrogen and oxygen atoms in total. The maximum Gasteiger partial charge on any atom is 0.330 e. The fourth-order valence-corrected chi connectivity index (χ4v) is 3.59. The van der Waals surface area contributed by atoms with Gasteiger partial charge in [0.15, 0.2) is 0 Å². The molecule has 1 aliphatic carbocycles. The molecule has 1 unspecified atom stereocenters. The normalized spacial score (nSPS) is 16.4. The average Bonchev–Trinajstić information content (AvgIpc) is 2.68. The van der Waals surface area contributed by atoms with E-state index in [0.29, 0.717) is 18.8 Å². The second-order valence-electron chi connectivity index (χ2n) is 7.04. The van der Waals surface area contributed by atoms with Gasteiger partial charge in [-0.15, -0.1) is 0 Å². The van der Waals surface area contributed by atoms with E-state index in [2.05, 4.69) is 24.1 Å². The molecule has 0 saturated heterocycles. The molecule has 2 aromatic rings. The predicted octanol–water partition coefficient (Wildman–Crippen LogP) is 3.03. The Kier molecular flexibility index (Phi) is 6.16. The van der Waals surface area contributed by atoms with Crippen LogP contribution in [0.15, 0.2) is 52.1 Å². The number of unbranched alkanes of at least 4 members (excludes halogenated alkanes) is 1. The van der Waals surface area contributed by atoms with Crippen LogP contribution in [0.5, 0.6) is 0 Å². The van der Waals surface area contributed by atoms with Crippen molar-refractivity contribution in [3.8, 4) is 0 Å². The Hall–Kier alpha value is -2.76. The maximum absolute atomic E-state index is 12.7. The van der Waals surface area contributed by atoms with Gasteiger partial charge in [-0.05, 0) is 31.2 Å². The number of H-pyrrole nitrogens is 1. The molecule has 0 aliphatic heterocycles. The number of hydrogen-bond donors (Lipinski definition) is 2. The summed E-state index contributed by atoms with van der Waals surface area (Å²) >= 11 is 0. The second-order valence-corrected chi connectivity index (χ2v) is 7.04. The molecule has 0 radical (unpaired) electrons. The second kappa shape index (κ2) is 8.75. The SMILES string of the molecule is CCCCn1c(N)c(N(Cc2ccccc2)C2C=CCCC2)c(=O)[nH]c1=O. The van der Waals surface area contributed by atoms with Crippen molar-refractivity contribution in [2.75, 3.05) is 10.6 Å². The lowest BCUT2D eigenvalue weighted by Gasteiger charge is -2.34. The number of benzene rings is 1. The summed E-state index contributed by atoms with van der Waals surface area (Å²) in [5.74, 6) is 0.257. The Bertz CT molecular complexity index is 899. The number of nitrogen functional groups attached to an aromatic ring is 1. The molecule has 0 saturated carbocycles. The zero-order chi connectivity index (χ0) is 19.2. The fraction of sp³-hybridized carbons (Fsp3) is 0.429. The summed E-state index contributed by atoms with van der Waals surface area (Å²) in [5, 5.41) is 0. The summed E-state index contributed by atoms with van der Waals surface area (Å²) < 4.78 is 1.49. The van der Waals surface area contributed by atoms with Crippen LogP contribution in [0.1, 0.15) is 44.6 Å². The van der Waals surface area contributed by atoms with E-state index in [1.165, 1.54) is 4.57 Å². The minimum Gasteiger partial charge on any atom is -0.383 e. The van der Waals surface area contributed by atoms with E-state index < -0.39 is 11.2 Å². The van der Waals surface area contributed by atoms with Crippen molar-refractivity contribution in [3.05, 3.63) is 68.9 Å². The monoisotopic (exact) mass is 368 g/mol. The zero-order valence-electron chi connectivity index (χ0n) is 15.9. The molecule has 6 heteroatoms. The topological polar surface area (TPSA) is 84.1 Å². The van der Waals surface area contributed by atoms with Gasteiger partial charge in [0.1, 0.15) is 11.5 Å². The van der Waals surface area contributed by atoms with Gasteiger partial charge in [-0.25, -0.2) is 4.79 Å². The Morgan fingerprint density at radius 2 is 2.04 bits per heavy atom. The first-order valence-electron chi connectivity index (χ1n) is 9.71. The molecule has 0 spiro atoms. The van der Waals surface area contributed by atoms with E-state index in [4.69, 9.17) is 5.73 Å². The van der Waals surface area contributed by atoms with Gasteiger partial charge in [0.25, 0.3) is 5.56 Å². The molecular weight excluding hydrogens is 340 g/mol. The van der Waals surface area contributed by atoms with Crippen molar-refractivity contribution in [3.63, 3.8) is 0 Å². The minimum absolute atomic E-state index is 0.0829. The Morgan fingerprint density at radius 3 is 2.70 bits per heavy atom. The molecule has 3 N–H and O–H groups in total. The summed E-state index contributed by atoms with van der Waals surface area (Å²) in [4.78, 5) is 29.5. The maximum atomic E-state index is 12.7. The van der Waals surface area contributed by atoms with Crippen LogP contribution in [0.25, 0.3) is 0 Å². The zero-order valence-corrected chi connectivity index (χ0v) is 15.9. The first kappa shape index (κ1) is 19.0. The molecule has 1 atom stereocenters. The number of rotatable bonds is 7. The van der Waals surface area contributed by atoms with Crippen molar-refractivity contribution < 1.29 is 0 Å². The van der Waals surface area contributed by atoms with Crippen molar-refractivity contribution in [1.82, 2.24) is 9.55 Å². The van der Waals surface area contributed by atoms with Crippen LogP contribution < -0.4 is 21.9 Å². The quantitative estimate of drug-likeness (QED) is 0.736. The van der Waals surface area contributed by atoms with Crippen LogP contribution in [0, 0.1) is 0 Å². The number of anilines is 2. The van der Waals surface area contributed by atoms with Gasteiger partial charge >= 0.3 is 5.69 Å². The number of allylic oxidation sites excluding steroid dienone is 1. The fourth-order valence-electron chi connectivity index (χ4n) is 3.59. The third-order valence-corrected chi connectivity index (χ3v) is 5.06. The third kappa shape index (κ3) is 4.32. The number of nitrogens with two attached hydrogens (primary N) is 1. The average molecular weight is 368 g/mol. The lowest BCUT2D eigenvalue weighted by molar-refractivity contribution is 0.570. The van der Waals surface area contributed by atoms with Gasteiger partial charge in [0, 0.05) is 19.1 Å². The van der Waals surface area contributed by atoms with E-state index in [0.717, 1.165) is 37.7 Å². The Labute approximate surface area is 159 Å². The smallest absolute Gasteiger partial charge is 0.330 e. The van der Waals surface area contributed by atoms with E-state index in [9.17, 15) is 9.59 Å². The van der Waals surface area contributed by atoms with Crippen molar-refractivity contribution in [1.29, 1.82) is 0 Å². The van der Waals surface area contributed by atoms with Crippen LogP contribution >= 0.6 is 0 Å². The standard InChI is InChI=1S/C21H28N4O2/c1-2-3-14-24-19(22)18(20(26)23-21(24)27)25(17-12-8-5-9-13-17)15-16-10-6-4-7-11-16/h4,6-8,10-12,17H,2-3,5,9,13-15,22H2,1H3,(H,23,26,27). The minimum atomic E-state index is -0.437. The van der Waals surface area contributed by atoms with Crippen LogP contribution in [0.2, 0.25) is 0 Å². The molecular formula is C21H28N4O2. The Balaban J connectivity index is 2.08. The summed E-state index contributed by atoms with van der Waals surface area (Å²) in [5.41, 5.74) is 7.00. The molecule has 1 aliphatic rings. The van der Waals surface area contributed by atoms with Gasteiger partial charge in [0.05, 0.1) is 0 Å². The molecule has 0 amide bonds. The number of hydrogen-bond acceptors (Lipinski definition) is 4. The van der Waals surface area contributed by atoms with Crippen LogP contribution in [0.4, 0.5) is 11.5 Å². The molecule has 1 aromatic heterocycles. The predicted molar refractivity (Wildman–Crippen MR) is 110 cm³/mol. The van der Waals surface area contributed by atoms with Crippen LogP contribution in [-0.4, -0.2) is 15.6 Å². The molecule has 1 aromatic carbocycles. The van der Waals surface area contributed by atoms with E-state index in [1.54, 1.807) is 0 Å². The Morgan fingerprint density at radius 1 is 1.26 bits per heavy atom. The number of nitrogens with zero attached hydrogens (tertiary/aromatic N) is 2. The van der Waals surface area contributed by atoms with Crippen molar-refractivity contribution >= 4 is 11.5 Å². The van der Waals surface area contributed by atoms with Gasteiger partial charge in [-0.2, -0.15) is 0 Å². The molecule has 1 heterocycles. The van der Waals surface area contributed by atoms with Crippen molar-refractivity contribution in [2.24, 2.45) is 0 Å². The molecule has 27 heavy (non-hydrogen) atoms. The molecule has 3 rings (SSSR count). The van der Waals surface area contributed by atoms with Crippen LogP contribution in [-0.2, 0) is 13.1 Å². The first-order valence-corrected chi connectivity index (χ1v) is 9.71. The summed E-state index contributed by atoms with van der Waals surface area (Å²) in [6.07, 6.45) is 9.15. The highest BCUT2D eigenvalue weighted by molar-refractivity contribution is 5.63. The van der Waals surface area contributed by atoms with Crippen LogP contribution in [0.3, 0.4) is 0 Å². The van der Waals surface area contributed by atoms with Gasteiger partial charge < -0.3 is 10.6 Å². The van der Waals surface area contributed by atoms with E-state index in [1.807, 2.05) is 35.2 Å². The summed E-state index contributed by atoms with van der Waals surface area (Å²) in [6, 6.07) is 10.1. The van der Waals surface area contributed by atoms with E-state index in [-0.39, 0.29) is 11.9 Å². The van der Waals surface area contributed by atoms with E-state index >= 15 is 0 Å². The third-order valence-electron chi connectivity index (χ3n) is 5.06. The highest BCUT2D eigenvalue weighted by Crippen LogP contribution is 2.27. The lowest BCUT2D eigenvalue weighted by atomic mass is 10.00. The molecule has 0 fully saturated rings. The van der Waals surface area contributed by atoms with Gasteiger partial charge in [0.2, 0.25) is 0 Å². The van der Waals surface area contributed by atoms with Gasteiger partial charge in [-0.1, -0.05) is 55.8 Å². The molecule has 0 bridgehead atoms. The number of aromatic amines is 1. The van der Waals surface area contributed by atoms with Crippen molar-refractivity contribution in [2.45, 2.75) is 58.2 Å². The molecule has 144 valence electrons. The lowest BCUT2D eigenvalue weighted by Crippen LogP contribution is -2.42. The number of nitrogens with one attached hydrogen (secondary N) is 1. The summed E-state index contributed by atoms with van der Waals surface area (Å²) in [6.45, 7) is 3.13. The summed E-state index contributed by atoms with van der Waals surface area (Å²) in [7, 11) is 0.